The highest BCUT2D eigenvalue weighted by atomic mass is 16.5. The van der Waals surface area contributed by atoms with Gasteiger partial charge in [-0.05, 0) is 24.0 Å². The molecule has 0 saturated carbocycles. The maximum atomic E-state index is 12.3. The molecule has 0 aliphatic carbocycles. The highest BCUT2D eigenvalue weighted by Gasteiger charge is 2.25. The Bertz CT molecular complexity index is 630. The molecule has 22 heavy (non-hydrogen) atoms. The van der Waals surface area contributed by atoms with Crippen molar-refractivity contribution in [2.75, 3.05) is 6.61 Å². The average molecular weight is 300 g/mol. The monoisotopic (exact) mass is 300 g/mol. The Balaban J connectivity index is 1.63. The van der Waals surface area contributed by atoms with Crippen molar-refractivity contribution >= 4 is 5.91 Å². The predicted molar refractivity (Wildman–Crippen MR) is 82.0 cm³/mol. The predicted octanol–water partition coefficient (Wildman–Crippen LogP) is 1.65. The number of hydrogen-bond acceptors (Lipinski definition) is 4. The Labute approximate surface area is 129 Å². The maximum absolute atomic E-state index is 12.3. The molecular formula is C16H20N4O2. The van der Waals surface area contributed by atoms with Gasteiger partial charge in [-0.25, -0.2) is 0 Å². The van der Waals surface area contributed by atoms with E-state index in [-0.39, 0.29) is 12.0 Å². The first-order chi connectivity index (χ1) is 10.8. The summed E-state index contributed by atoms with van der Waals surface area (Å²) in [6.45, 7) is 1.73. The molecule has 0 radical (unpaired) electrons. The van der Waals surface area contributed by atoms with Crippen molar-refractivity contribution in [2.45, 2.75) is 32.0 Å². The third-order valence-corrected chi connectivity index (χ3v) is 3.88. The zero-order valence-electron chi connectivity index (χ0n) is 12.3. The van der Waals surface area contributed by atoms with Crippen molar-refractivity contribution < 1.29 is 9.53 Å². The van der Waals surface area contributed by atoms with Crippen LogP contribution in [-0.2, 0) is 17.8 Å². The first-order valence-electron chi connectivity index (χ1n) is 7.49. The fourth-order valence-electron chi connectivity index (χ4n) is 2.60. The summed E-state index contributed by atoms with van der Waals surface area (Å²) in [6.07, 6.45) is 3.44. The lowest BCUT2D eigenvalue weighted by Gasteiger charge is -2.10. The Morgan fingerprint density at radius 2 is 2.14 bits per heavy atom. The summed E-state index contributed by atoms with van der Waals surface area (Å²) in [7, 11) is 0. The molecule has 1 atom stereocenters. The van der Waals surface area contributed by atoms with E-state index in [4.69, 9.17) is 10.5 Å². The van der Waals surface area contributed by atoms with Crippen LogP contribution in [0, 0.1) is 0 Å². The van der Waals surface area contributed by atoms with Gasteiger partial charge in [-0.1, -0.05) is 24.3 Å². The van der Waals surface area contributed by atoms with E-state index in [1.807, 2.05) is 24.3 Å². The molecule has 6 nitrogen and oxygen atoms in total. The molecular weight excluding hydrogens is 280 g/mol. The number of ether oxygens (including phenoxy) is 1. The van der Waals surface area contributed by atoms with E-state index < -0.39 is 0 Å². The number of aromatic nitrogens is 2. The van der Waals surface area contributed by atoms with Crippen LogP contribution in [-0.4, -0.2) is 22.7 Å². The van der Waals surface area contributed by atoms with Crippen molar-refractivity contribution in [3.8, 4) is 0 Å². The van der Waals surface area contributed by atoms with Gasteiger partial charge in [0.1, 0.15) is 0 Å². The van der Waals surface area contributed by atoms with Crippen LogP contribution in [0.3, 0.4) is 0 Å². The molecule has 1 fully saturated rings. The van der Waals surface area contributed by atoms with E-state index in [2.05, 4.69) is 15.5 Å². The zero-order valence-corrected chi connectivity index (χ0v) is 12.3. The van der Waals surface area contributed by atoms with Gasteiger partial charge in [0.25, 0.3) is 5.91 Å². The van der Waals surface area contributed by atoms with Crippen LogP contribution in [0.5, 0.6) is 0 Å². The summed E-state index contributed by atoms with van der Waals surface area (Å²) < 4.78 is 5.61. The van der Waals surface area contributed by atoms with Crippen LogP contribution in [0.4, 0.5) is 0 Å². The van der Waals surface area contributed by atoms with Crippen LogP contribution >= 0.6 is 0 Å². The van der Waals surface area contributed by atoms with Crippen molar-refractivity contribution in [3.05, 3.63) is 52.8 Å². The van der Waals surface area contributed by atoms with Crippen molar-refractivity contribution in [2.24, 2.45) is 5.73 Å². The van der Waals surface area contributed by atoms with Gasteiger partial charge in [0.05, 0.1) is 23.6 Å². The number of hydrogen-bond donors (Lipinski definition) is 3. The second kappa shape index (κ2) is 6.72. The van der Waals surface area contributed by atoms with Gasteiger partial charge in [0.2, 0.25) is 0 Å². The zero-order chi connectivity index (χ0) is 15.4. The maximum Gasteiger partial charge on any atom is 0.255 e. The Hall–Kier alpha value is -2.18. The van der Waals surface area contributed by atoms with Gasteiger partial charge >= 0.3 is 0 Å². The van der Waals surface area contributed by atoms with Crippen molar-refractivity contribution in [1.82, 2.24) is 15.5 Å². The lowest BCUT2D eigenvalue weighted by molar-refractivity contribution is 0.0921. The molecule has 6 heteroatoms. The van der Waals surface area contributed by atoms with Crippen molar-refractivity contribution in [3.63, 3.8) is 0 Å². The summed E-state index contributed by atoms with van der Waals surface area (Å²) in [6, 6.07) is 7.88. The number of amides is 1. The lowest BCUT2D eigenvalue weighted by Crippen LogP contribution is -2.24. The number of H-pyrrole nitrogens is 1. The highest BCUT2D eigenvalue weighted by molar-refractivity contribution is 5.95. The van der Waals surface area contributed by atoms with Gasteiger partial charge in [-0.3, -0.25) is 9.89 Å². The molecule has 2 aromatic rings. The van der Waals surface area contributed by atoms with Crippen molar-refractivity contribution in [1.29, 1.82) is 0 Å². The minimum Gasteiger partial charge on any atom is -0.372 e. The Morgan fingerprint density at radius 1 is 1.36 bits per heavy atom. The summed E-state index contributed by atoms with van der Waals surface area (Å²) >= 11 is 0. The number of aromatic amines is 1. The Kier molecular flexibility index (Phi) is 4.50. The van der Waals surface area contributed by atoms with Gasteiger partial charge in [-0.15, -0.1) is 0 Å². The van der Waals surface area contributed by atoms with Crippen LogP contribution in [0.25, 0.3) is 0 Å². The normalized spacial score (nSPS) is 17.6. The first kappa shape index (κ1) is 14.7. The Morgan fingerprint density at radius 3 is 2.82 bits per heavy atom. The van der Waals surface area contributed by atoms with Gasteiger partial charge in [0.15, 0.2) is 0 Å². The molecule has 0 bridgehead atoms. The molecule has 1 aromatic carbocycles. The number of nitrogens with two attached hydrogens (primary N) is 1. The molecule has 1 amide bonds. The fraction of sp³-hybridized carbons (Fsp3) is 0.375. The van der Waals surface area contributed by atoms with E-state index in [0.29, 0.717) is 18.7 Å². The number of rotatable bonds is 5. The number of carbonyl (C=O) groups is 1. The fourth-order valence-corrected chi connectivity index (χ4v) is 2.60. The minimum absolute atomic E-state index is 0.0490. The third-order valence-electron chi connectivity index (χ3n) is 3.88. The summed E-state index contributed by atoms with van der Waals surface area (Å²) in [5.74, 6) is -0.137. The lowest BCUT2D eigenvalue weighted by atomic mass is 10.1. The smallest absolute Gasteiger partial charge is 0.255 e. The number of carbonyl (C=O) groups excluding carboxylic acids is 1. The first-order valence-corrected chi connectivity index (χ1v) is 7.49. The van der Waals surface area contributed by atoms with Gasteiger partial charge in [0, 0.05) is 19.7 Å². The second-order valence-electron chi connectivity index (χ2n) is 5.40. The van der Waals surface area contributed by atoms with E-state index >= 15 is 0 Å². The van der Waals surface area contributed by atoms with Crippen LogP contribution in [0.1, 0.15) is 46.1 Å². The summed E-state index contributed by atoms with van der Waals surface area (Å²) in [5, 5.41) is 9.79. The van der Waals surface area contributed by atoms with Crippen LogP contribution in [0.15, 0.2) is 30.5 Å². The molecule has 3 rings (SSSR count). The quantitative estimate of drug-likeness (QED) is 0.782. The SMILES string of the molecule is NCc1ccc(CNC(=O)c2cn[nH]c2C2CCCO2)cc1. The largest absolute Gasteiger partial charge is 0.372 e. The molecule has 4 N–H and O–H groups in total. The van der Waals surface area contributed by atoms with Crippen LogP contribution < -0.4 is 11.1 Å². The molecule has 1 unspecified atom stereocenters. The highest BCUT2D eigenvalue weighted by Crippen LogP contribution is 2.29. The number of nitrogens with zero attached hydrogens (tertiary/aromatic N) is 1. The molecule has 1 aromatic heterocycles. The minimum atomic E-state index is -0.137. The van der Waals surface area contributed by atoms with Gasteiger partial charge in [-0.2, -0.15) is 5.10 Å². The molecule has 1 aliphatic rings. The second-order valence-corrected chi connectivity index (χ2v) is 5.40. The van der Waals surface area contributed by atoms with E-state index in [0.717, 1.165) is 36.3 Å². The van der Waals surface area contributed by atoms with E-state index in [1.54, 1.807) is 6.20 Å². The molecule has 116 valence electrons. The van der Waals surface area contributed by atoms with E-state index in [1.165, 1.54) is 0 Å². The molecule has 1 aliphatic heterocycles. The number of benzene rings is 1. The topological polar surface area (TPSA) is 93.0 Å². The van der Waals surface area contributed by atoms with Gasteiger partial charge < -0.3 is 15.8 Å². The van der Waals surface area contributed by atoms with E-state index in [9.17, 15) is 4.79 Å². The molecule has 2 heterocycles. The average Bonchev–Trinajstić information content (AvgIpc) is 3.23. The number of nitrogens with one attached hydrogen (secondary N) is 2. The standard InChI is InChI=1S/C16H20N4O2/c17-8-11-3-5-12(6-4-11)9-18-16(21)13-10-19-20-15(13)14-2-1-7-22-14/h3-6,10,14H,1-2,7-9,17H2,(H,18,21)(H,19,20). The summed E-state index contributed by atoms with van der Waals surface area (Å²) in [5.41, 5.74) is 9.01. The molecule has 0 spiro atoms. The van der Waals surface area contributed by atoms with Crippen LogP contribution in [0.2, 0.25) is 0 Å². The molecule has 1 saturated heterocycles. The third kappa shape index (κ3) is 3.18. The summed E-state index contributed by atoms with van der Waals surface area (Å²) in [4.78, 5) is 12.3.